The number of aromatic nitrogens is 2. The average molecular weight is 455 g/mol. The van der Waals surface area contributed by atoms with Crippen molar-refractivity contribution >= 4 is 45.1 Å². The predicted octanol–water partition coefficient (Wildman–Crippen LogP) is 3.08. The number of hydrogen-bond acceptors (Lipinski definition) is 6. The SMILES string of the molecule is O=C(Nn1c(SCC2CC2)nc2ccsc2c1=O)C1CC(=O)N(Cc2ccccc2)C1. The first-order valence-corrected chi connectivity index (χ1v) is 12.2. The van der Waals surface area contributed by atoms with Gasteiger partial charge in [-0.1, -0.05) is 42.1 Å². The van der Waals surface area contributed by atoms with Gasteiger partial charge in [-0.25, -0.2) is 4.98 Å². The molecule has 3 heterocycles. The van der Waals surface area contributed by atoms with Gasteiger partial charge < -0.3 is 4.90 Å². The van der Waals surface area contributed by atoms with E-state index in [0.29, 0.717) is 34.4 Å². The Bertz CT molecular complexity index is 1190. The Hall–Kier alpha value is -2.65. The van der Waals surface area contributed by atoms with Crippen LogP contribution in [0.25, 0.3) is 10.2 Å². The van der Waals surface area contributed by atoms with Crippen molar-refractivity contribution in [2.24, 2.45) is 11.8 Å². The van der Waals surface area contributed by atoms with E-state index in [4.69, 9.17) is 0 Å². The smallest absolute Gasteiger partial charge is 0.291 e. The number of carbonyl (C=O) groups is 2. The molecule has 2 aromatic heterocycles. The largest absolute Gasteiger partial charge is 0.338 e. The highest BCUT2D eigenvalue weighted by atomic mass is 32.2. The minimum absolute atomic E-state index is 0.0495. The number of benzene rings is 1. The third kappa shape index (κ3) is 4.38. The lowest BCUT2D eigenvalue weighted by Crippen LogP contribution is -2.38. The quantitative estimate of drug-likeness (QED) is 0.438. The van der Waals surface area contributed by atoms with Crippen LogP contribution in [0, 0.1) is 11.8 Å². The van der Waals surface area contributed by atoms with E-state index in [9.17, 15) is 14.4 Å². The number of thiophene rings is 1. The molecule has 1 saturated heterocycles. The number of likely N-dealkylation sites (tertiary alicyclic amines) is 1. The van der Waals surface area contributed by atoms with E-state index in [1.807, 2.05) is 41.8 Å². The third-order valence-electron chi connectivity index (χ3n) is 5.62. The van der Waals surface area contributed by atoms with Gasteiger partial charge in [0.05, 0.1) is 11.4 Å². The van der Waals surface area contributed by atoms with Gasteiger partial charge in [0, 0.05) is 25.3 Å². The zero-order chi connectivity index (χ0) is 21.4. The standard InChI is InChI=1S/C22H22N4O3S2/c27-18-10-16(12-25(18)11-14-4-2-1-3-5-14)20(28)24-26-21(29)19-17(8-9-30-19)23-22(26)31-13-15-6-7-15/h1-5,8-9,15-16H,6-7,10-13H2,(H,24,28). The monoisotopic (exact) mass is 454 g/mol. The number of carbonyl (C=O) groups excluding carboxylic acids is 2. The molecule has 0 radical (unpaired) electrons. The van der Waals surface area contributed by atoms with Gasteiger partial charge in [0.2, 0.25) is 11.8 Å². The zero-order valence-corrected chi connectivity index (χ0v) is 18.5. The molecule has 160 valence electrons. The Kier molecular flexibility index (Phi) is 5.54. The lowest BCUT2D eigenvalue weighted by Gasteiger charge is -2.17. The Morgan fingerprint density at radius 3 is 2.77 bits per heavy atom. The lowest BCUT2D eigenvalue weighted by atomic mass is 10.1. The molecule has 1 aromatic carbocycles. The van der Waals surface area contributed by atoms with Gasteiger partial charge in [0.1, 0.15) is 4.70 Å². The number of nitrogens with zero attached hydrogens (tertiary/aromatic N) is 3. The van der Waals surface area contributed by atoms with Crippen LogP contribution in [0.4, 0.5) is 0 Å². The number of rotatable bonds is 7. The summed E-state index contributed by atoms with van der Waals surface area (Å²) in [6, 6.07) is 11.5. The van der Waals surface area contributed by atoms with Crippen molar-refractivity contribution in [1.29, 1.82) is 0 Å². The van der Waals surface area contributed by atoms with E-state index >= 15 is 0 Å². The van der Waals surface area contributed by atoms with Crippen LogP contribution < -0.4 is 11.0 Å². The van der Waals surface area contributed by atoms with Gasteiger partial charge in [-0.05, 0) is 35.8 Å². The molecule has 1 aliphatic heterocycles. The van der Waals surface area contributed by atoms with Crippen LogP contribution in [-0.2, 0) is 16.1 Å². The average Bonchev–Trinajstić information content (AvgIpc) is 3.36. The molecule has 31 heavy (non-hydrogen) atoms. The van der Waals surface area contributed by atoms with Crippen LogP contribution in [0.1, 0.15) is 24.8 Å². The second-order valence-corrected chi connectivity index (χ2v) is 9.96. The molecular formula is C22H22N4O3S2. The van der Waals surface area contributed by atoms with Crippen LogP contribution in [0.3, 0.4) is 0 Å². The first-order valence-electron chi connectivity index (χ1n) is 10.3. The Labute approximate surface area is 187 Å². The molecule has 2 fully saturated rings. The summed E-state index contributed by atoms with van der Waals surface area (Å²) in [7, 11) is 0. The Morgan fingerprint density at radius 1 is 1.19 bits per heavy atom. The molecule has 5 rings (SSSR count). The van der Waals surface area contributed by atoms with Crippen LogP contribution in [0.2, 0.25) is 0 Å². The van der Waals surface area contributed by atoms with E-state index in [2.05, 4.69) is 10.4 Å². The van der Waals surface area contributed by atoms with E-state index < -0.39 is 5.92 Å². The Morgan fingerprint density at radius 2 is 2.00 bits per heavy atom. The molecule has 0 bridgehead atoms. The van der Waals surface area contributed by atoms with Crippen LogP contribution in [0.5, 0.6) is 0 Å². The molecule has 1 atom stereocenters. The van der Waals surface area contributed by atoms with Crippen molar-refractivity contribution in [3.05, 3.63) is 57.7 Å². The van der Waals surface area contributed by atoms with Crippen molar-refractivity contribution in [2.45, 2.75) is 31.0 Å². The topological polar surface area (TPSA) is 84.3 Å². The molecule has 1 unspecified atom stereocenters. The van der Waals surface area contributed by atoms with E-state index in [1.165, 1.54) is 40.6 Å². The van der Waals surface area contributed by atoms with Crippen molar-refractivity contribution in [3.63, 3.8) is 0 Å². The summed E-state index contributed by atoms with van der Waals surface area (Å²) in [6.45, 7) is 0.822. The highest BCUT2D eigenvalue weighted by molar-refractivity contribution is 7.99. The fourth-order valence-electron chi connectivity index (χ4n) is 3.67. The number of fused-ring (bicyclic) bond motifs is 1. The normalized spacial score (nSPS) is 18.6. The third-order valence-corrected chi connectivity index (χ3v) is 7.68. The summed E-state index contributed by atoms with van der Waals surface area (Å²) < 4.78 is 1.79. The summed E-state index contributed by atoms with van der Waals surface area (Å²) in [5, 5.41) is 2.33. The summed E-state index contributed by atoms with van der Waals surface area (Å²) in [4.78, 5) is 44.8. The molecule has 9 heteroatoms. The van der Waals surface area contributed by atoms with E-state index in [-0.39, 0.29) is 23.8 Å². The predicted molar refractivity (Wildman–Crippen MR) is 122 cm³/mol. The van der Waals surface area contributed by atoms with Crippen LogP contribution in [-0.4, -0.2) is 38.7 Å². The number of amides is 2. The summed E-state index contributed by atoms with van der Waals surface area (Å²) in [6.07, 6.45) is 2.55. The molecule has 3 aromatic rings. The van der Waals surface area contributed by atoms with Gasteiger partial charge in [-0.3, -0.25) is 19.8 Å². The van der Waals surface area contributed by atoms with Crippen LogP contribution >= 0.6 is 23.1 Å². The lowest BCUT2D eigenvalue weighted by molar-refractivity contribution is -0.128. The van der Waals surface area contributed by atoms with Gasteiger partial charge in [-0.15, -0.1) is 11.3 Å². The maximum Gasteiger partial charge on any atom is 0.291 e. The number of thioether (sulfide) groups is 1. The van der Waals surface area contributed by atoms with Gasteiger partial charge in [0.25, 0.3) is 5.56 Å². The maximum absolute atomic E-state index is 13.0. The van der Waals surface area contributed by atoms with Crippen LogP contribution in [0.15, 0.2) is 51.7 Å². The summed E-state index contributed by atoms with van der Waals surface area (Å²) in [5.74, 6) is 0.667. The minimum Gasteiger partial charge on any atom is -0.338 e. The van der Waals surface area contributed by atoms with Crippen molar-refractivity contribution in [2.75, 3.05) is 17.7 Å². The molecule has 1 aliphatic carbocycles. The van der Waals surface area contributed by atoms with Gasteiger partial charge in [-0.2, -0.15) is 4.68 Å². The van der Waals surface area contributed by atoms with Crippen molar-refractivity contribution < 1.29 is 9.59 Å². The fraction of sp³-hybridized carbons (Fsp3) is 0.364. The first-order chi connectivity index (χ1) is 15.1. The molecule has 2 aliphatic rings. The van der Waals surface area contributed by atoms with E-state index in [0.717, 1.165) is 11.3 Å². The molecule has 2 amide bonds. The molecular weight excluding hydrogens is 432 g/mol. The molecule has 7 nitrogen and oxygen atoms in total. The van der Waals surface area contributed by atoms with E-state index in [1.54, 1.807) is 4.90 Å². The summed E-state index contributed by atoms with van der Waals surface area (Å²) >= 11 is 2.82. The molecule has 1 saturated carbocycles. The maximum atomic E-state index is 13.0. The highest BCUT2D eigenvalue weighted by Gasteiger charge is 2.35. The van der Waals surface area contributed by atoms with Crippen molar-refractivity contribution in [3.8, 4) is 0 Å². The van der Waals surface area contributed by atoms with Crippen molar-refractivity contribution in [1.82, 2.24) is 14.6 Å². The number of nitrogens with one attached hydrogen (secondary N) is 1. The molecule has 1 N–H and O–H groups in total. The fourth-order valence-corrected chi connectivity index (χ4v) is 5.57. The second-order valence-electron chi connectivity index (χ2n) is 8.06. The zero-order valence-electron chi connectivity index (χ0n) is 16.8. The van der Waals surface area contributed by atoms with Gasteiger partial charge >= 0.3 is 0 Å². The molecule has 0 spiro atoms. The second kappa shape index (κ2) is 8.47. The summed E-state index contributed by atoms with van der Waals surface area (Å²) in [5.41, 5.74) is 4.18. The number of hydrogen-bond donors (Lipinski definition) is 1. The first kappa shape index (κ1) is 20.3. The Balaban J connectivity index is 1.33. The minimum atomic E-state index is -0.497. The van der Waals surface area contributed by atoms with Gasteiger partial charge in [0.15, 0.2) is 5.16 Å². The highest BCUT2D eigenvalue weighted by Crippen LogP contribution is 2.34.